The molecule has 3 heteroatoms. The molecule has 5 atom stereocenters. The molecule has 2 rings (SSSR count). The zero-order valence-corrected chi connectivity index (χ0v) is 13.4. The van der Waals surface area contributed by atoms with Crippen LogP contribution in [-0.2, 0) is 4.74 Å². The summed E-state index contributed by atoms with van der Waals surface area (Å²) in [6.07, 6.45) is 0.484. The van der Waals surface area contributed by atoms with Crippen molar-refractivity contribution in [2.24, 2.45) is 17.6 Å². The Kier molecular flexibility index (Phi) is 4.40. The molecular formula is C17H27NO2. The maximum Gasteiger partial charge on any atom is 0.122 e. The molecule has 0 radical (unpaired) electrons. The lowest BCUT2D eigenvalue weighted by Crippen LogP contribution is -2.31. The third-order valence-corrected chi connectivity index (χ3v) is 4.88. The second kappa shape index (κ2) is 5.74. The van der Waals surface area contributed by atoms with Gasteiger partial charge in [0.2, 0.25) is 0 Å². The van der Waals surface area contributed by atoms with E-state index in [1.165, 1.54) is 11.1 Å². The molecule has 1 aromatic carbocycles. The highest BCUT2D eigenvalue weighted by Crippen LogP contribution is 2.41. The van der Waals surface area contributed by atoms with E-state index in [-0.39, 0.29) is 18.2 Å². The molecule has 112 valence electrons. The number of rotatable bonds is 3. The monoisotopic (exact) mass is 277 g/mol. The lowest BCUT2D eigenvalue weighted by atomic mass is 9.79. The highest BCUT2D eigenvalue weighted by Gasteiger charge is 2.41. The standard InChI is InChI=1S/C17H27NO2/c1-9-8-15(19-6)10(2)7-14(9)17(18)16-11(3)12(4)20-13(16)5/h7-8,11-13,16-17H,18H2,1-6H3. The molecule has 5 unspecified atom stereocenters. The van der Waals surface area contributed by atoms with Crippen molar-refractivity contribution in [3.63, 3.8) is 0 Å². The van der Waals surface area contributed by atoms with Crippen molar-refractivity contribution >= 4 is 0 Å². The summed E-state index contributed by atoms with van der Waals surface area (Å²) in [4.78, 5) is 0. The van der Waals surface area contributed by atoms with Gasteiger partial charge in [-0.3, -0.25) is 0 Å². The first kappa shape index (κ1) is 15.3. The van der Waals surface area contributed by atoms with Gasteiger partial charge in [0, 0.05) is 12.0 Å². The predicted octanol–water partition coefficient (Wildman–Crippen LogP) is 3.37. The highest BCUT2D eigenvalue weighted by atomic mass is 16.5. The van der Waals surface area contributed by atoms with Crippen LogP contribution in [-0.4, -0.2) is 19.3 Å². The number of methoxy groups -OCH3 is 1. The summed E-state index contributed by atoms with van der Waals surface area (Å²) in [6.45, 7) is 10.7. The normalized spacial score (nSPS) is 31.4. The van der Waals surface area contributed by atoms with Crippen LogP contribution in [0.3, 0.4) is 0 Å². The Morgan fingerprint density at radius 2 is 1.75 bits per heavy atom. The minimum atomic E-state index is 0.00885. The van der Waals surface area contributed by atoms with Crippen molar-refractivity contribution in [1.82, 2.24) is 0 Å². The molecule has 1 aliphatic heterocycles. The molecule has 2 N–H and O–H groups in total. The van der Waals surface area contributed by atoms with E-state index in [4.69, 9.17) is 15.2 Å². The second-order valence-corrected chi connectivity index (χ2v) is 6.19. The van der Waals surface area contributed by atoms with Crippen molar-refractivity contribution in [3.8, 4) is 5.75 Å². The van der Waals surface area contributed by atoms with Crippen LogP contribution < -0.4 is 10.5 Å². The van der Waals surface area contributed by atoms with Crippen LogP contribution in [0.1, 0.15) is 43.5 Å². The lowest BCUT2D eigenvalue weighted by molar-refractivity contribution is 0.0489. The van der Waals surface area contributed by atoms with Crippen LogP contribution in [0.4, 0.5) is 0 Å². The van der Waals surface area contributed by atoms with E-state index in [1.807, 2.05) is 0 Å². The number of hydrogen-bond acceptors (Lipinski definition) is 3. The van der Waals surface area contributed by atoms with E-state index < -0.39 is 0 Å². The largest absolute Gasteiger partial charge is 0.496 e. The van der Waals surface area contributed by atoms with Gasteiger partial charge in [0.1, 0.15) is 5.75 Å². The van der Waals surface area contributed by atoms with Gasteiger partial charge < -0.3 is 15.2 Å². The van der Waals surface area contributed by atoms with E-state index in [0.29, 0.717) is 11.8 Å². The molecule has 0 saturated carbocycles. The molecule has 1 heterocycles. The summed E-state index contributed by atoms with van der Waals surface area (Å²) in [7, 11) is 1.71. The van der Waals surface area contributed by atoms with Gasteiger partial charge in [0.15, 0.2) is 0 Å². The SMILES string of the molecule is COc1cc(C)c(C(N)C2C(C)OC(C)C2C)cc1C. The van der Waals surface area contributed by atoms with E-state index in [9.17, 15) is 0 Å². The fraction of sp³-hybridized carbons (Fsp3) is 0.647. The fourth-order valence-electron chi connectivity index (χ4n) is 3.51. The van der Waals surface area contributed by atoms with Gasteiger partial charge in [-0.2, -0.15) is 0 Å². The molecule has 1 aromatic rings. The van der Waals surface area contributed by atoms with Crippen LogP contribution in [0, 0.1) is 25.7 Å². The smallest absolute Gasteiger partial charge is 0.122 e. The first-order chi connectivity index (χ1) is 9.36. The molecule has 20 heavy (non-hydrogen) atoms. The van der Waals surface area contributed by atoms with Crippen molar-refractivity contribution in [3.05, 3.63) is 28.8 Å². The van der Waals surface area contributed by atoms with Crippen LogP contribution in [0.2, 0.25) is 0 Å². The number of benzene rings is 1. The molecule has 0 aliphatic carbocycles. The number of ether oxygens (including phenoxy) is 2. The Morgan fingerprint density at radius 3 is 2.25 bits per heavy atom. The number of aryl methyl sites for hydroxylation is 2. The third kappa shape index (κ3) is 2.57. The zero-order valence-electron chi connectivity index (χ0n) is 13.4. The Bertz CT molecular complexity index is 486. The van der Waals surface area contributed by atoms with Gasteiger partial charge in [-0.05, 0) is 56.4 Å². The Morgan fingerprint density at radius 1 is 1.10 bits per heavy atom. The Labute approximate surface area is 122 Å². The van der Waals surface area contributed by atoms with Crippen molar-refractivity contribution in [2.75, 3.05) is 7.11 Å². The predicted molar refractivity (Wildman–Crippen MR) is 82.1 cm³/mol. The summed E-state index contributed by atoms with van der Waals surface area (Å²) < 4.78 is 11.3. The highest BCUT2D eigenvalue weighted by molar-refractivity contribution is 5.43. The molecule has 0 aromatic heterocycles. The topological polar surface area (TPSA) is 44.5 Å². The lowest BCUT2D eigenvalue weighted by Gasteiger charge is -2.28. The van der Waals surface area contributed by atoms with Crippen LogP contribution in [0.5, 0.6) is 5.75 Å². The molecule has 1 saturated heterocycles. The minimum absolute atomic E-state index is 0.00885. The molecule has 0 amide bonds. The first-order valence-electron chi connectivity index (χ1n) is 7.43. The maximum atomic E-state index is 6.58. The van der Waals surface area contributed by atoms with Gasteiger partial charge in [0.05, 0.1) is 19.3 Å². The van der Waals surface area contributed by atoms with E-state index in [1.54, 1.807) is 7.11 Å². The third-order valence-electron chi connectivity index (χ3n) is 4.88. The molecule has 0 spiro atoms. The van der Waals surface area contributed by atoms with Crippen molar-refractivity contribution < 1.29 is 9.47 Å². The van der Waals surface area contributed by atoms with Gasteiger partial charge in [-0.25, -0.2) is 0 Å². The Hall–Kier alpha value is -1.06. The van der Waals surface area contributed by atoms with Gasteiger partial charge in [0.25, 0.3) is 0 Å². The second-order valence-electron chi connectivity index (χ2n) is 6.19. The molecule has 3 nitrogen and oxygen atoms in total. The molecule has 1 aliphatic rings. The van der Waals surface area contributed by atoms with Crippen LogP contribution in [0.15, 0.2) is 12.1 Å². The fourth-order valence-corrected chi connectivity index (χ4v) is 3.51. The van der Waals surface area contributed by atoms with E-state index in [2.05, 4.69) is 46.8 Å². The summed E-state index contributed by atoms with van der Waals surface area (Å²) in [5.74, 6) is 1.76. The maximum absolute atomic E-state index is 6.58. The van der Waals surface area contributed by atoms with E-state index in [0.717, 1.165) is 11.3 Å². The van der Waals surface area contributed by atoms with Gasteiger partial charge >= 0.3 is 0 Å². The van der Waals surface area contributed by atoms with Gasteiger partial charge in [-0.15, -0.1) is 0 Å². The molecule has 1 fully saturated rings. The van der Waals surface area contributed by atoms with Crippen LogP contribution in [0.25, 0.3) is 0 Å². The average molecular weight is 277 g/mol. The number of hydrogen-bond donors (Lipinski definition) is 1. The summed E-state index contributed by atoms with van der Waals surface area (Å²) in [6, 6.07) is 4.26. The minimum Gasteiger partial charge on any atom is -0.496 e. The van der Waals surface area contributed by atoms with Crippen molar-refractivity contribution in [2.45, 2.75) is 52.9 Å². The number of nitrogens with two attached hydrogens (primary N) is 1. The molecular weight excluding hydrogens is 250 g/mol. The summed E-state index contributed by atoms with van der Waals surface area (Å²) in [5, 5.41) is 0. The van der Waals surface area contributed by atoms with Gasteiger partial charge in [-0.1, -0.05) is 13.0 Å². The van der Waals surface area contributed by atoms with E-state index >= 15 is 0 Å². The average Bonchev–Trinajstić information content (AvgIpc) is 2.65. The first-order valence-corrected chi connectivity index (χ1v) is 7.43. The zero-order chi connectivity index (χ0) is 15.0. The van der Waals surface area contributed by atoms with Crippen LogP contribution >= 0.6 is 0 Å². The summed E-state index contributed by atoms with van der Waals surface area (Å²) >= 11 is 0. The Balaban J connectivity index is 2.34. The summed E-state index contributed by atoms with van der Waals surface area (Å²) in [5.41, 5.74) is 10.1. The quantitative estimate of drug-likeness (QED) is 0.921. The molecule has 0 bridgehead atoms. The van der Waals surface area contributed by atoms with Crippen molar-refractivity contribution in [1.29, 1.82) is 0 Å².